The predicted octanol–water partition coefficient (Wildman–Crippen LogP) is 2.81. The zero-order chi connectivity index (χ0) is 24.9. The summed E-state index contributed by atoms with van der Waals surface area (Å²) in [6.07, 6.45) is 4.43. The topological polar surface area (TPSA) is 129 Å². The number of carbonyl (C=O) groups excluding carboxylic acids is 1. The molecule has 11 heteroatoms. The molecule has 1 saturated heterocycles. The number of rotatable bonds is 8. The van der Waals surface area contributed by atoms with Crippen molar-refractivity contribution in [3.8, 4) is 17.1 Å². The van der Waals surface area contributed by atoms with Gasteiger partial charge in [-0.15, -0.1) is 5.10 Å². The molecule has 0 aromatic carbocycles. The van der Waals surface area contributed by atoms with E-state index in [1.54, 1.807) is 35.8 Å². The number of carbonyl (C=O) groups is 2. The van der Waals surface area contributed by atoms with Gasteiger partial charge in [0, 0.05) is 27.1 Å². The number of aromatic nitrogens is 4. The summed E-state index contributed by atoms with van der Waals surface area (Å²) in [7, 11) is 3.51. The number of nitrogens with zero attached hydrogens (tertiary/aromatic N) is 5. The van der Waals surface area contributed by atoms with E-state index in [0.29, 0.717) is 54.0 Å². The minimum atomic E-state index is -0.885. The van der Waals surface area contributed by atoms with Gasteiger partial charge in [-0.25, -0.2) is 14.5 Å². The van der Waals surface area contributed by atoms with Gasteiger partial charge in [0.05, 0.1) is 30.5 Å². The molecule has 1 aliphatic heterocycles. The molecule has 1 saturated carbocycles. The first-order chi connectivity index (χ1) is 16.8. The van der Waals surface area contributed by atoms with Crippen LogP contribution in [0.25, 0.3) is 11.4 Å². The van der Waals surface area contributed by atoms with Gasteiger partial charge in [0.15, 0.2) is 0 Å². The Hall–Kier alpha value is -3.21. The van der Waals surface area contributed by atoms with E-state index < -0.39 is 11.9 Å². The molecule has 0 radical (unpaired) electrons. The minimum Gasteiger partial charge on any atom is -0.486 e. The largest absolute Gasteiger partial charge is 0.486 e. The number of hydrogen-bond donors (Lipinski definition) is 1. The molecule has 2 aliphatic rings. The zero-order valence-corrected chi connectivity index (χ0v) is 20.5. The van der Waals surface area contributed by atoms with E-state index >= 15 is 0 Å². The Labute approximate surface area is 204 Å². The molecule has 2 aromatic heterocycles. The normalized spacial score (nSPS) is 20.5. The number of aryl methyl sites for hydroxylation is 2. The summed E-state index contributed by atoms with van der Waals surface area (Å²) in [5.74, 6) is -0.365. The van der Waals surface area contributed by atoms with E-state index in [2.05, 4.69) is 15.3 Å². The zero-order valence-electron chi connectivity index (χ0n) is 20.5. The minimum absolute atomic E-state index is 0.0294. The molecule has 11 nitrogen and oxygen atoms in total. The van der Waals surface area contributed by atoms with Crippen LogP contribution in [-0.4, -0.2) is 75.0 Å². The fourth-order valence-corrected chi connectivity index (χ4v) is 4.67. The average molecular weight is 488 g/mol. The van der Waals surface area contributed by atoms with Crippen molar-refractivity contribution >= 4 is 12.1 Å². The van der Waals surface area contributed by atoms with Crippen LogP contribution in [-0.2, 0) is 27.9 Å². The molecule has 0 spiro atoms. The Kier molecular flexibility index (Phi) is 7.84. The van der Waals surface area contributed by atoms with Crippen LogP contribution < -0.4 is 4.74 Å². The number of hydrogen-bond acceptors (Lipinski definition) is 8. The van der Waals surface area contributed by atoms with Crippen molar-refractivity contribution < 1.29 is 28.9 Å². The Morgan fingerprint density at radius 3 is 2.74 bits per heavy atom. The molecule has 0 bridgehead atoms. The van der Waals surface area contributed by atoms with Gasteiger partial charge >= 0.3 is 12.1 Å². The average Bonchev–Trinajstić information content (AvgIpc) is 3.48. The van der Waals surface area contributed by atoms with E-state index in [1.165, 1.54) is 12.8 Å². The highest BCUT2D eigenvalue weighted by Gasteiger charge is 2.29. The molecule has 190 valence electrons. The van der Waals surface area contributed by atoms with Crippen LogP contribution in [0.15, 0.2) is 12.1 Å². The Balaban J connectivity index is 1.40. The van der Waals surface area contributed by atoms with Crippen molar-refractivity contribution in [2.45, 2.75) is 51.7 Å². The quantitative estimate of drug-likeness (QED) is 0.597. The lowest BCUT2D eigenvalue weighted by Gasteiger charge is -2.27. The smallest absolute Gasteiger partial charge is 0.409 e. The van der Waals surface area contributed by atoms with E-state index in [4.69, 9.17) is 14.2 Å². The van der Waals surface area contributed by atoms with E-state index in [0.717, 1.165) is 12.8 Å². The molecular weight excluding hydrogens is 454 g/mol. The van der Waals surface area contributed by atoms with Crippen molar-refractivity contribution in [1.29, 1.82) is 0 Å². The molecule has 3 heterocycles. The third-order valence-electron chi connectivity index (χ3n) is 6.69. The molecule has 4 rings (SSSR count). The Bertz CT molecular complexity index is 1050. The predicted molar refractivity (Wildman–Crippen MR) is 125 cm³/mol. The fourth-order valence-electron chi connectivity index (χ4n) is 4.67. The van der Waals surface area contributed by atoms with E-state index in [1.807, 2.05) is 6.92 Å². The number of ether oxygens (including phenoxy) is 3. The molecule has 1 N–H and O–H groups in total. The Morgan fingerprint density at radius 2 is 2.03 bits per heavy atom. The van der Waals surface area contributed by atoms with Gasteiger partial charge in [0.25, 0.3) is 0 Å². The molecular formula is C24H33N5O6. The standard InChI is InChI=1S/C24H33N5O6/c1-15-21(35-18-10-17(23(30)31)12-33-13-18)9-8-19(25-15)22-20(29(3)27-26-22)14-34-24(32)28(2)11-16-6-4-5-7-16/h8-9,16-18H,4-7,10-14H2,1-3H3,(H,30,31)/t17-,18-/m0/s1. The number of carboxylic acid groups (broad SMARTS) is 1. The number of pyridine rings is 1. The van der Waals surface area contributed by atoms with Crippen LogP contribution in [0.2, 0.25) is 0 Å². The summed E-state index contributed by atoms with van der Waals surface area (Å²) >= 11 is 0. The van der Waals surface area contributed by atoms with Crippen molar-refractivity contribution in [2.24, 2.45) is 18.9 Å². The number of carboxylic acids is 1. The van der Waals surface area contributed by atoms with Gasteiger partial charge in [-0.1, -0.05) is 18.1 Å². The summed E-state index contributed by atoms with van der Waals surface area (Å²) in [4.78, 5) is 30.0. The number of amides is 1. The first kappa shape index (κ1) is 24.9. The van der Waals surface area contributed by atoms with Crippen molar-refractivity contribution in [1.82, 2.24) is 24.9 Å². The molecule has 2 atom stereocenters. The second-order valence-corrected chi connectivity index (χ2v) is 9.42. The van der Waals surface area contributed by atoms with Crippen LogP contribution >= 0.6 is 0 Å². The lowest BCUT2D eigenvalue weighted by atomic mass is 10.0. The second-order valence-electron chi connectivity index (χ2n) is 9.42. The van der Waals surface area contributed by atoms with Crippen molar-refractivity contribution in [2.75, 3.05) is 26.8 Å². The van der Waals surface area contributed by atoms with Crippen LogP contribution in [0.3, 0.4) is 0 Å². The first-order valence-electron chi connectivity index (χ1n) is 12.0. The van der Waals surface area contributed by atoms with Crippen LogP contribution in [0.1, 0.15) is 43.5 Å². The summed E-state index contributed by atoms with van der Waals surface area (Å²) in [5, 5.41) is 17.6. The molecule has 0 unspecified atom stereocenters. The highest BCUT2D eigenvalue weighted by molar-refractivity contribution is 5.70. The first-order valence-corrected chi connectivity index (χ1v) is 12.0. The maximum atomic E-state index is 12.5. The highest BCUT2D eigenvalue weighted by Crippen LogP contribution is 2.28. The third kappa shape index (κ3) is 6.08. The van der Waals surface area contributed by atoms with Crippen molar-refractivity contribution in [3.05, 3.63) is 23.5 Å². The van der Waals surface area contributed by atoms with Crippen molar-refractivity contribution in [3.63, 3.8) is 0 Å². The Morgan fingerprint density at radius 1 is 1.26 bits per heavy atom. The van der Waals surface area contributed by atoms with Gasteiger partial charge in [-0.05, 0) is 37.8 Å². The van der Waals surface area contributed by atoms with Crippen LogP contribution in [0.5, 0.6) is 5.75 Å². The summed E-state index contributed by atoms with van der Waals surface area (Å²) in [5.41, 5.74) is 2.37. The van der Waals surface area contributed by atoms with Gasteiger partial charge < -0.3 is 24.2 Å². The lowest BCUT2D eigenvalue weighted by Crippen LogP contribution is -2.37. The maximum absolute atomic E-state index is 12.5. The van der Waals surface area contributed by atoms with Gasteiger partial charge in [-0.2, -0.15) is 0 Å². The molecule has 35 heavy (non-hydrogen) atoms. The van der Waals surface area contributed by atoms with Crippen LogP contribution in [0.4, 0.5) is 4.79 Å². The molecule has 1 aliphatic carbocycles. The van der Waals surface area contributed by atoms with Gasteiger partial charge in [-0.3, -0.25) is 4.79 Å². The summed E-state index contributed by atoms with van der Waals surface area (Å²) < 4.78 is 18.5. The highest BCUT2D eigenvalue weighted by atomic mass is 16.6. The summed E-state index contributed by atoms with van der Waals surface area (Å²) in [6.45, 7) is 3.07. The van der Waals surface area contributed by atoms with E-state index in [-0.39, 0.29) is 25.4 Å². The maximum Gasteiger partial charge on any atom is 0.409 e. The summed E-state index contributed by atoms with van der Waals surface area (Å²) in [6, 6.07) is 3.55. The molecule has 1 amide bonds. The monoisotopic (exact) mass is 487 g/mol. The number of aliphatic carboxylic acids is 1. The second kappa shape index (κ2) is 11.0. The SMILES string of the molecule is Cc1nc(-c2nnn(C)c2COC(=O)N(C)CC2CCCC2)ccc1O[C@@H]1COC[C@@H](C(=O)O)C1. The fraction of sp³-hybridized carbons (Fsp3) is 0.625. The molecule has 2 fully saturated rings. The van der Waals surface area contributed by atoms with Gasteiger partial charge in [0.2, 0.25) is 0 Å². The van der Waals surface area contributed by atoms with Gasteiger partial charge in [0.1, 0.15) is 29.8 Å². The lowest BCUT2D eigenvalue weighted by molar-refractivity contribution is -0.149. The molecule has 2 aromatic rings. The third-order valence-corrected chi connectivity index (χ3v) is 6.69. The van der Waals surface area contributed by atoms with Crippen LogP contribution in [0, 0.1) is 18.8 Å². The van der Waals surface area contributed by atoms with E-state index in [9.17, 15) is 14.7 Å².